The number of guanidine groups is 1. The van der Waals surface area contributed by atoms with Crippen LogP contribution >= 0.6 is 11.6 Å². The molecule has 0 atom stereocenters. The van der Waals surface area contributed by atoms with Crippen molar-refractivity contribution < 1.29 is 13.2 Å². The van der Waals surface area contributed by atoms with Gasteiger partial charge in [-0.25, -0.2) is 0 Å². The zero-order valence-corrected chi connectivity index (χ0v) is 12.3. The van der Waals surface area contributed by atoms with E-state index in [4.69, 9.17) is 16.3 Å². The van der Waals surface area contributed by atoms with E-state index in [1.54, 1.807) is 0 Å². The molecule has 8 heteroatoms. The number of nitrogens with one attached hydrogen (secondary N) is 2. The van der Waals surface area contributed by atoms with Crippen molar-refractivity contribution in [1.29, 1.82) is 0 Å². The predicted molar refractivity (Wildman–Crippen MR) is 74.5 cm³/mol. The van der Waals surface area contributed by atoms with Crippen molar-refractivity contribution in [3.63, 3.8) is 0 Å². The standard InChI is InChI=1S/C11H14ClN3O3S/c1-6(2)13-11-14-8-5-9(18-3)7(12)4-10(8)19(16,17)15-11/h4-6H,1-3H3,(H2,13,14,15). The summed E-state index contributed by atoms with van der Waals surface area (Å²) in [7, 11) is -2.30. The van der Waals surface area contributed by atoms with E-state index in [0.29, 0.717) is 11.4 Å². The summed E-state index contributed by atoms with van der Waals surface area (Å²) < 4.78 is 32.8. The van der Waals surface area contributed by atoms with Crippen molar-refractivity contribution in [1.82, 2.24) is 5.32 Å². The number of nitrogens with zero attached hydrogens (tertiary/aromatic N) is 1. The van der Waals surface area contributed by atoms with E-state index in [2.05, 4.69) is 15.0 Å². The molecule has 0 amide bonds. The topological polar surface area (TPSA) is 79.8 Å². The lowest BCUT2D eigenvalue weighted by Gasteiger charge is -2.21. The third-order valence-electron chi connectivity index (χ3n) is 2.42. The molecule has 2 N–H and O–H groups in total. The molecule has 0 saturated heterocycles. The van der Waals surface area contributed by atoms with Crippen LogP contribution in [0.1, 0.15) is 13.8 Å². The molecule has 1 aliphatic heterocycles. The van der Waals surface area contributed by atoms with Crippen LogP contribution in [0.2, 0.25) is 5.02 Å². The molecule has 1 aromatic rings. The molecule has 1 aliphatic rings. The molecule has 0 aromatic heterocycles. The van der Waals surface area contributed by atoms with Gasteiger partial charge in [-0.05, 0) is 19.9 Å². The average Bonchev–Trinajstić information content (AvgIpc) is 2.28. The monoisotopic (exact) mass is 303 g/mol. The summed E-state index contributed by atoms with van der Waals surface area (Å²) >= 11 is 5.93. The fourth-order valence-corrected chi connectivity index (χ4v) is 3.06. The molecule has 0 unspecified atom stereocenters. The molecule has 0 radical (unpaired) electrons. The summed E-state index contributed by atoms with van der Waals surface area (Å²) in [6, 6.07) is 2.91. The summed E-state index contributed by atoms with van der Waals surface area (Å²) in [6.07, 6.45) is 0. The second-order valence-electron chi connectivity index (χ2n) is 4.32. The Bertz CT molecular complexity index is 641. The molecule has 2 rings (SSSR count). The Balaban J connectivity index is 2.51. The molecule has 104 valence electrons. The second-order valence-corrected chi connectivity index (χ2v) is 6.30. The molecule has 0 aliphatic carbocycles. The maximum atomic E-state index is 12.0. The summed E-state index contributed by atoms with van der Waals surface area (Å²) in [5, 5.41) is 6.05. The van der Waals surface area contributed by atoms with Gasteiger partial charge in [0, 0.05) is 12.1 Å². The van der Waals surface area contributed by atoms with Gasteiger partial charge < -0.3 is 15.4 Å². The van der Waals surface area contributed by atoms with E-state index in [9.17, 15) is 8.42 Å². The van der Waals surface area contributed by atoms with E-state index in [1.165, 1.54) is 19.2 Å². The first-order valence-corrected chi connectivity index (χ1v) is 7.41. The molecule has 6 nitrogen and oxygen atoms in total. The van der Waals surface area contributed by atoms with Crippen molar-refractivity contribution in [3.05, 3.63) is 17.2 Å². The van der Waals surface area contributed by atoms with Gasteiger partial charge >= 0.3 is 0 Å². The van der Waals surface area contributed by atoms with Crippen molar-refractivity contribution >= 4 is 33.3 Å². The Kier molecular flexibility index (Phi) is 3.60. The largest absolute Gasteiger partial charge is 0.495 e. The highest BCUT2D eigenvalue weighted by atomic mass is 35.5. The molecule has 1 heterocycles. The minimum absolute atomic E-state index is 0.0348. The number of anilines is 1. The van der Waals surface area contributed by atoms with Crippen molar-refractivity contribution in [2.24, 2.45) is 4.40 Å². The third-order valence-corrected chi connectivity index (χ3v) is 4.03. The highest BCUT2D eigenvalue weighted by Gasteiger charge is 2.27. The lowest BCUT2D eigenvalue weighted by Crippen LogP contribution is -2.38. The SMILES string of the molecule is COc1cc2c(cc1Cl)S(=O)(=O)N=C(NC(C)C)N2. The Morgan fingerprint density at radius 2 is 2.11 bits per heavy atom. The van der Waals surface area contributed by atoms with Crippen LogP contribution in [-0.2, 0) is 10.0 Å². The zero-order valence-electron chi connectivity index (χ0n) is 10.7. The fraction of sp³-hybridized carbons (Fsp3) is 0.364. The van der Waals surface area contributed by atoms with E-state index in [-0.39, 0.29) is 21.9 Å². The van der Waals surface area contributed by atoms with E-state index in [1.807, 2.05) is 13.8 Å². The molecule has 0 bridgehead atoms. The van der Waals surface area contributed by atoms with E-state index in [0.717, 1.165) is 0 Å². The summed E-state index contributed by atoms with van der Waals surface area (Å²) in [6.45, 7) is 3.77. The third kappa shape index (κ3) is 2.76. The number of rotatable bonds is 2. The van der Waals surface area contributed by atoms with E-state index >= 15 is 0 Å². The highest BCUT2D eigenvalue weighted by molar-refractivity contribution is 7.90. The van der Waals surface area contributed by atoms with Crippen molar-refractivity contribution in [3.8, 4) is 5.75 Å². The molecule has 0 saturated carbocycles. The second kappa shape index (κ2) is 4.90. The maximum absolute atomic E-state index is 12.0. The Labute approximate surface area is 116 Å². The smallest absolute Gasteiger partial charge is 0.287 e. The van der Waals surface area contributed by atoms with Gasteiger partial charge in [0.2, 0.25) is 5.96 Å². The van der Waals surface area contributed by atoms with Crippen LogP contribution in [0.4, 0.5) is 5.69 Å². The highest BCUT2D eigenvalue weighted by Crippen LogP contribution is 2.36. The zero-order chi connectivity index (χ0) is 14.2. The molecule has 0 fully saturated rings. The first-order valence-electron chi connectivity index (χ1n) is 5.59. The van der Waals surface area contributed by atoms with Crippen LogP contribution in [0.5, 0.6) is 5.75 Å². The normalized spacial score (nSPS) is 16.4. The van der Waals surface area contributed by atoms with Crippen LogP contribution in [-0.4, -0.2) is 27.5 Å². The number of hydrogen-bond acceptors (Lipinski definition) is 5. The minimum Gasteiger partial charge on any atom is -0.495 e. The van der Waals surface area contributed by atoms with E-state index < -0.39 is 10.0 Å². The van der Waals surface area contributed by atoms with Crippen LogP contribution in [0, 0.1) is 0 Å². The van der Waals surface area contributed by atoms with Crippen LogP contribution < -0.4 is 15.4 Å². The Morgan fingerprint density at radius 1 is 1.42 bits per heavy atom. The van der Waals surface area contributed by atoms with Gasteiger partial charge in [-0.3, -0.25) is 0 Å². The van der Waals surface area contributed by atoms with Gasteiger partial charge in [0.15, 0.2) is 0 Å². The van der Waals surface area contributed by atoms with Gasteiger partial charge in [-0.2, -0.15) is 8.42 Å². The average molecular weight is 304 g/mol. The number of benzene rings is 1. The first kappa shape index (κ1) is 14.0. The fourth-order valence-electron chi connectivity index (χ4n) is 1.66. The summed E-state index contributed by atoms with van der Waals surface area (Å²) in [5.41, 5.74) is 0.388. The lowest BCUT2D eigenvalue weighted by molar-refractivity contribution is 0.415. The summed E-state index contributed by atoms with van der Waals surface area (Å²) in [5.74, 6) is 0.584. The number of ether oxygens (including phenoxy) is 1. The van der Waals surface area contributed by atoms with Gasteiger partial charge in [0.1, 0.15) is 10.6 Å². The molecule has 1 aromatic carbocycles. The predicted octanol–water partition coefficient (Wildman–Crippen LogP) is 1.82. The van der Waals surface area contributed by atoms with Crippen LogP contribution in [0.25, 0.3) is 0 Å². The number of sulfonamides is 1. The molecular formula is C11H14ClN3O3S. The van der Waals surface area contributed by atoms with Gasteiger partial charge in [-0.15, -0.1) is 4.40 Å². The lowest BCUT2D eigenvalue weighted by atomic mass is 10.3. The van der Waals surface area contributed by atoms with Crippen LogP contribution in [0.15, 0.2) is 21.4 Å². The number of hydrogen-bond donors (Lipinski definition) is 2. The summed E-state index contributed by atoms with van der Waals surface area (Å²) in [4.78, 5) is 0.0348. The van der Waals surface area contributed by atoms with Crippen molar-refractivity contribution in [2.45, 2.75) is 24.8 Å². The number of fused-ring (bicyclic) bond motifs is 1. The van der Waals surface area contributed by atoms with Gasteiger partial charge in [0.05, 0.1) is 17.8 Å². The van der Waals surface area contributed by atoms with Crippen molar-refractivity contribution in [2.75, 3.05) is 12.4 Å². The first-order chi connectivity index (χ1) is 8.83. The van der Waals surface area contributed by atoms with Gasteiger partial charge in [-0.1, -0.05) is 11.6 Å². The van der Waals surface area contributed by atoms with Gasteiger partial charge in [0.25, 0.3) is 10.0 Å². The number of halogens is 1. The quantitative estimate of drug-likeness (QED) is 0.871. The Hall–Kier alpha value is -1.47. The number of methoxy groups -OCH3 is 1. The molecular weight excluding hydrogens is 290 g/mol. The molecule has 0 spiro atoms. The van der Waals surface area contributed by atoms with Crippen LogP contribution in [0.3, 0.4) is 0 Å². The molecule has 19 heavy (non-hydrogen) atoms. The minimum atomic E-state index is -3.76. The maximum Gasteiger partial charge on any atom is 0.287 e. The Morgan fingerprint density at radius 3 is 2.68 bits per heavy atom.